The number of sulfonamides is 1. The third-order valence-electron chi connectivity index (χ3n) is 4.61. The number of aryl methyl sites for hydroxylation is 1. The Balaban J connectivity index is 1.81. The van der Waals surface area contributed by atoms with Gasteiger partial charge in [0, 0.05) is 30.9 Å². The summed E-state index contributed by atoms with van der Waals surface area (Å²) in [6, 6.07) is 14.8. The maximum absolute atomic E-state index is 12.6. The average molecular weight is 426 g/mol. The zero-order valence-electron chi connectivity index (χ0n) is 17.1. The molecule has 1 N–H and O–H groups in total. The van der Waals surface area contributed by atoms with Crippen molar-refractivity contribution in [3.8, 4) is 11.3 Å². The molecule has 0 saturated heterocycles. The fourth-order valence-electron chi connectivity index (χ4n) is 2.83. The van der Waals surface area contributed by atoms with Crippen molar-refractivity contribution in [2.75, 3.05) is 19.4 Å². The molecular weight excluding hydrogens is 404 g/mol. The van der Waals surface area contributed by atoms with Crippen LogP contribution in [0.1, 0.15) is 33.4 Å². The molecule has 1 aromatic heterocycles. The number of nitrogens with zero attached hydrogens (tertiary/aromatic N) is 1. The second-order valence-electron chi connectivity index (χ2n) is 7.02. The molecule has 0 unspecified atom stereocenters. The second-order valence-corrected chi connectivity index (χ2v) is 9.14. The lowest BCUT2D eigenvalue weighted by Gasteiger charge is -2.15. The fraction of sp³-hybridized carbons (Fsp3) is 0.182. The van der Waals surface area contributed by atoms with Crippen LogP contribution in [0.2, 0.25) is 0 Å². The van der Waals surface area contributed by atoms with Gasteiger partial charge in [-0.25, -0.2) is 12.7 Å². The predicted molar refractivity (Wildman–Crippen MR) is 114 cm³/mol. The number of rotatable bonds is 6. The molecule has 3 aromatic rings. The van der Waals surface area contributed by atoms with Crippen molar-refractivity contribution in [1.82, 2.24) is 4.31 Å². The SMILES string of the molecule is CC(=O)c1ccc(-c2ccc(C(=O)Nc3ccc(C)c(S(=O)(=O)N(C)C)c3)o2)cc1. The summed E-state index contributed by atoms with van der Waals surface area (Å²) in [4.78, 5) is 24.1. The number of amides is 1. The highest BCUT2D eigenvalue weighted by atomic mass is 32.2. The van der Waals surface area contributed by atoms with Gasteiger partial charge in [0.15, 0.2) is 11.5 Å². The van der Waals surface area contributed by atoms with Crippen molar-refractivity contribution in [1.29, 1.82) is 0 Å². The third kappa shape index (κ3) is 4.34. The quantitative estimate of drug-likeness (QED) is 0.602. The monoisotopic (exact) mass is 426 g/mol. The molecule has 1 heterocycles. The van der Waals surface area contributed by atoms with Crippen LogP contribution >= 0.6 is 0 Å². The number of hydrogen-bond donors (Lipinski definition) is 1. The molecule has 3 rings (SSSR count). The maximum Gasteiger partial charge on any atom is 0.291 e. The second kappa shape index (κ2) is 8.25. The van der Waals surface area contributed by atoms with Crippen LogP contribution in [0, 0.1) is 6.92 Å². The molecule has 0 aliphatic rings. The van der Waals surface area contributed by atoms with Crippen LogP contribution in [0.3, 0.4) is 0 Å². The van der Waals surface area contributed by atoms with Crippen molar-refractivity contribution in [2.45, 2.75) is 18.7 Å². The number of furan rings is 1. The van der Waals surface area contributed by atoms with E-state index in [4.69, 9.17) is 4.42 Å². The van der Waals surface area contributed by atoms with Gasteiger partial charge in [-0.15, -0.1) is 0 Å². The Hall–Kier alpha value is -3.23. The summed E-state index contributed by atoms with van der Waals surface area (Å²) in [5.74, 6) is 0.0294. The normalized spacial score (nSPS) is 11.5. The van der Waals surface area contributed by atoms with Gasteiger partial charge in [0.25, 0.3) is 5.91 Å². The number of ketones is 1. The predicted octanol–water partition coefficient (Wildman–Crippen LogP) is 3.96. The van der Waals surface area contributed by atoms with Gasteiger partial charge < -0.3 is 9.73 Å². The molecule has 1 amide bonds. The van der Waals surface area contributed by atoms with E-state index >= 15 is 0 Å². The van der Waals surface area contributed by atoms with Crippen molar-refractivity contribution < 1.29 is 22.4 Å². The zero-order chi connectivity index (χ0) is 22.1. The minimum atomic E-state index is -3.64. The van der Waals surface area contributed by atoms with Gasteiger partial charge in [-0.3, -0.25) is 9.59 Å². The van der Waals surface area contributed by atoms with E-state index in [1.165, 1.54) is 33.2 Å². The molecule has 0 spiro atoms. The molecule has 0 saturated carbocycles. The number of benzene rings is 2. The topological polar surface area (TPSA) is 96.7 Å². The van der Waals surface area contributed by atoms with Gasteiger partial charge in [-0.1, -0.05) is 30.3 Å². The first-order valence-corrected chi connectivity index (χ1v) is 10.6. The lowest BCUT2D eigenvalue weighted by atomic mass is 10.1. The molecule has 0 aliphatic heterocycles. The molecule has 156 valence electrons. The highest BCUT2D eigenvalue weighted by Crippen LogP contribution is 2.25. The van der Waals surface area contributed by atoms with E-state index in [0.29, 0.717) is 22.6 Å². The molecule has 0 atom stereocenters. The van der Waals surface area contributed by atoms with Gasteiger partial charge in [0.05, 0.1) is 4.90 Å². The molecule has 2 aromatic carbocycles. The van der Waals surface area contributed by atoms with Crippen molar-refractivity contribution in [2.24, 2.45) is 0 Å². The Bertz CT molecular complexity index is 1210. The van der Waals surface area contributed by atoms with E-state index in [9.17, 15) is 18.0 Å². The summed E-state index contributed by atoms with van der Waals surface area (Å²) in [6.07, 6.45) is 0. The number of carbonyl (C=O) groups excluding carboxylic acids is 2. The lowest BCUT2D eigenvalue weighted by Crippen LogP contribution is -2.23. The summed E-state index contributed by atoms with van der Waals surface area (Å²) in [7, 11) is -0.734. The van der Waals surface area contributed by atoms with Crippen molar-refractivity contribution in [3.05, 3.63) is 71.5 Å². The smallest absolute Gasteiger partial charge is 0.291 e. The molecule has 8 heteroatoms. The minimum absolute atomic E-state index is 0.0326. The Morgan fingerprint density at radius 3 is 2.23 bits per heavy atom. The number of hydrogen-bond acceptors (Lipinski definition) is 5. The molecule has 0 bridgehead atoms. The molecule has 30 heavy (non-hydrogen) atoms. The molecule has 0 radical (unpaired) electrons. The molecular formula is C22H22N2O5S. The van der Waals surface area contributed by atoms with Crippen LogP contribution in [0.15, 0.2) is 63.9 Å². The maximum atomic E-state index is 12.6. The zero-order valence-corrected chi connectivity index (χ0v) is 17.9. The summed E-state index contributed by atoms with van der Waals surface area (Å²) in [5, 5.41) is 2.67. The van der Waals surface area contributed by atoms with Gasteiger partial charge in [0.2, 0.25) is 10.0 Å². The fourth-order valence-corrected chi connectivity index (χ4v) is 3.97. The Kier molecular flexibility index (Phi) is 5.91. The Morgan fingerprint density at radius 2 is 1.63 bits per heavy atom. The van der Waals surface area contributed by atoms with Crippen LogP contribution in [0.25, 0.3) is 11.3 Å². The van der Waals surface area contributed by atoms with Gasteiger partial charge in [0.1, 0.15) is 5.76 Å². The van der Waals surface area contributed by atoms with Gasteiger partial charge in [-0.2, -0.15) is 0 Å². The summed E-state index contributed by atoms with van der Waals surface area (Å²) in [5.41, 5.74) is 2.24. The number of carbonyl (C=O) groups is 2. The van der Waals surface area contributed by atoms with Crippen molar-refractivity contribution >= 4 is 27.4 Å². The first-order chi connectivity index (χ1) is 14.1. The van der Waals surface area contributed by atoms with E-state index in [-0.39, 0.29) is 16.4 Å². The molecule has 0 fully saturated rings. The lowest BCUT2D eigenvalue weighted by molar-refractivity contribution is 0.0994. The number of nitrogens with one attached hydrogen (secondary N) is 1. The standard InChI is InChI=1S/C22H22N2O5S/c1-14-5-10-18(13-21(14)30(27,28)24(3)4)23-22(26)20-12-11-19(29-20)17-8-6-16(7-9-17)15(2)25/h5-13H,1-4H3,(H,23,26). The minimum Gasteiger partial charge on any atom is -0.451 e. The van der Waals surface area contributed by atoms with Crippen LogP contribution in [0.4, 0.5) is 5.69 Å². The van der Waals surface area contributed by atoms with E-state index in [0.717, 1.165) is 9.87 Å². The van der Waals surface area contributed by atoms with Gasteiger partial charge in [-0.05, 0) is 43.7 Å². The molecule has 7 nitrogen and oxygen atoms in total. The van der Waals surface area contributed by atoms with E-state index in [1.807, 2.05) is 0 Å². The van der Waals surface area contributed by atoms with Crippen LogP contribution in [0.5, 0.6) is 0 Å². The summed E-state index contributed by atoms with van der Waals surface area (Å²) in [6.45, 7) is 3.18. The van der Waals surface area contributed by atoms with Gasteiger partial charge >= 0.3 is 0 Å². The summed E-state index contributed by atoms with van der Waals surface area (Å²) < 4.78 is 31.7. The average Bonchev–Trinajstić information content (AvgIpc) is 3.19. The third-order valence-corrected chi connectivity index (χ3v) is 6.57. The van der Waals surface area contributed by atoms with Crippen LogP contribution in [-0.2, 0) is 10.0 Å². The van der Waals surface area contributed by atoms with E-state index < -0.39 is 15.9 Å². The first-order valence-electron chi connectivity index (χ1n) is 9.15. The van der Waals surface area contributed by atoms with Crippen LogP contribution < -0.4 is 5.32 Å². The number of Topliss-reactive ketones (excluding diaryl/α,β-unsaturated/α-hetero) is 1. The summed E-state index contributed by atoms with van der Waals surface area (Å²) >= 11 is 0. The molecule has 0 aliphatic carbocycles. The van der Waals surface area contributed by atoms with E-state index in [1.54, 1.807) is 49.4 Å². The van der Waals surface area contributed by atoms with E-state index in [2.05, 4.69) is 5.32 Å². The van der Waals surface area contributed by atoms with Crippen LogP contribution in [-0.4, -0.2) is 38.5 Å². The largest absolute Gasteiger partial charge is 0.451 e. The Labute approximate surface area is 175 Å². The first kappa shape index (κ1) is 21.5. The number of anilines is 1. The highest BCUT2D eigenvalue weighted by Gasteiger charge is 2.21. The Morgan fingerprint density at radius 1 is 0.967 bits per heavy atom. The van der Waals surface area contributed by atoms with Crippen molar-refractivity contribution in [3.63, 3.8) is 0 Å². The highest BCUT2D eigenvalue weighted by molar-refractivity contribution is 7.89.